The molecule has 0 unspecified atom stereocenters. The van der Waals surface area contributed by atoms with E-state index in [1.165, 1.54) is 103 Å². The number of para-hydroxylation sites is 1. The van der Waals surface area contributed by atoms with E-state index < -0.39 is 0 Å². The predicted octanol–water partition coefficient (Wildman–Crippen LogP) is 17.4. The van der Waals surface area contributed by atoms with Crippen LogP contribution in [0.5, 0.6) is 0 Å². The zero-order valence-corrected chi connectivity index (χ0v) is 36.4. The first-order chi connectivity index (χ1) is 31.5. The Morgan fingerprint density at radius 3 is 1.89 bits per heavy atom. The summed E-state index contributed by atoms with van der Waals surface area (Å²) in [7, 11) is 0. The molecular weight excluding hydrogens is 793 g/mol. The molecule has 13 rings (SSSR count). The molecule has 3 heteroatoms. The summed E-state index contributed by atoms with van der Waals surface area (Å²) in [5, 5.41) is 7.62. The second kappa shape index (κ2) is 14.2. The monoisotopic (exact) mass is 834 g/mol. The highest BCUT2D eigenvalue weighted by atomic mass is 32.1. The van der Waals surface area contributed by atoms with E-state index in [-0.39, 0.29) is 5.41 Å². The van der Waals surface area contributed by atoms with Crippen LogP contribution in [0, 0.1) is 0 Å². The van der Waals surface area contributed by atoms with Crippen molar-refractivity contribution in [2.45, 2.75) is 19.3 Å². The van der Waals surface area contributed by atoms with Crippen molar-refractivity contribution >= 4 is 81.1 Å². The fourth-order valence-corrected chi connectivity index (χ4v) is 11.7. The quantitative estimate of drug-likeness (QED) is 0.162. The van der Waals surface area contributed by atoms with Crippen molar-refractivity contribution < 1.29 is 0 Å². The lowest BCUT2D eigenvalue weighted by Gasteiger charge is -2.26. The maximum absolute atomic E-state index is 2.50. The molecule has 0 aliphatic heterocycles. The molecule has 0 amide bonds. The summed E-state index contributed by atoms with van der Waals surface area (Å²) in [5.74, 6) is 0. The average Bonchev–Trinajstić information content (AvgIpc) is 3.96. The molecule has 2 nitrogen and oxygen atoms in total. The van der Waals surface area contributed by atoms with Gasteiger partial charge in [0.25, 0.3) is 0 Å². The average molecular weight is 835 g/mol. The lowest BCUT2D eigenvalue weighted by molar-refractivity contribution is 0.660. The Labute approximate surface area is 376 Å². The Hall–Kier alpha value is -7.72. The molecule has 0 bridgehead atoms. The molecule has 64 heavy (non-hydrogen) atoms. The van der Waals surface area contributed by atoms with Crippen LogP contribution >= 0.6 is 11.3 Å². The summed E-state index contributed by atoms with van der Waals surface area (Å²) in [4.78, 5) is 2.39. The Kier molecular flexibility index (Phi) is 8.16. The van der Waals surface area contributed by atoms with Gasteiger partial charge in [0.15, 0.2) is 0 Å². The molecular formula is C61H42N2S. The van der Waals surface area contributed by atoms with E-state index in [1.54, 1.807) is 0 Å². The fraction of sp³-hybridized carbons (Fsp3) is 0.0492. The van der Waals surface area contributed by atoms with Gasteiger partial charge in [0.1, 0.15) is 0 Å². The molecule has 0 N–H and O–H groups in total. The van der Waals surface area contributed by atoms with E-state index in [0.29, 0.717) is 0 Å². The van der Waals surface area contributed by atoms with Crippen molar-refractivity contribution in [2.24, 2.45) is 0 Å². The van der Waals surface area contributed by atoms with Gasteiger partial charge >= 0.3 is 0 Å². The van der Waals surface area contributed by atoms with E-state index in [4.69, 9.17) is 0 Å². The first kappa shape index (κ1) is 36.9. The maximum atomic E-state index is 2.50. The number of hydrogen-bond acceptors (Lipinski definition) is 2. The van der Waals surface area contributed by atoms with Gasteiger partial charge < -0.3 is 9.47 Å². The fourth-order valence-electron chi connectivity index (χ4n) is 10.6. The molecule has 2 aromatic heterocycles. The van der Waals surface area contributed by atoms with Crippen molar-refractivity contribution in [2.75, 3.05) is 4.90 Å². The first-order valence-corrected chi connectivity index (χ1v) is 23.0. The highest BCUT2D eigenvalue weighted by Gasteiger charge is 2.35. The van der Waals surface area contributed by atoms with Gasteiger partial charge in [-0.15, -0.1) is 11.3 Å². The topological polar surface area (TPSA) is 8.17 Å². The van der Waals surface area contributed by atoms with Crippen LogP contribution < -0.4 is 4.90 Å². The number of thiophene rings is 1. The number of hydrogen-bond donors (Lipinski definition) is 0. The van der Waals surface area contributed by atoms with Crippen molar-refractivity contribution in [1.82, 2.24) is 4.57 Å². The van der Waals surface area contributed by atoms with Gasteiger partial charge in [-0.05, 0) is 134 Å². The molecule has 10 aromatic carbocycles. The zero-order valence-electron chi connectivity index (χ0n) is 35.6. The highest BCUT2D eigenvalue weighted by Crippen LogP contribution is 2.50. The van der Waals surface area contributed by atoms with Crippen molar-refractivity contribution in [3.8, 4) is 39.1 Å². The third kappa shape index (κ3) is 5.64. The molecule has 2 heterocycles. The smallest absolute Gasteiger partial charge is 0.0561 e. The highest BCUT2D eigenvalue weighted by molar-refractivity contribution is 7.25. The number of anilines is 3. The van der Waals surface area contributed by atoms with E-state index >= 15 is 0 Å². The van der Waals surface area contributed by atoms with Gasteiger partial charge in [0.05, 0.1) is 11.0 Å². The molecule has 0 spiro atoms. The third-order valence-corrected chi connectivity index (χ3v) is 14.9. The molecule has 0 saturated carbocycles. The van der Waals surface area contributed by atoms with Crippen molar-refractivity contribution in [3.05, 3.63) is 230 Å². The minimum atomic E-state index is -0.119. The van der Waals surface area contributed by atoms with Crippen LogP contribution in [0.3, 0.4) is 0 Å². The van der Waals surface area contributed by atoms with Crippen LogP contribution in [0.15, 0.2) is 218 Å². The number of fused-ring (bicyclic) bond motifs is 10. The Balaban J connectivity index is 1.00. The van der Waals surface area contributed by atoms with Crippen molar-refractivity contribution in [3.63, 3.8) is 0 Å². The van der Waals surface area contributed by atoms with Crippen LogP contribution in [-0.2, 0) is 5.41 Å². The molecule has 0 fully saturated rings. The first-order valence-electron chi connectivity index (χ1n) is 22.2. The summed E-state index contributed by atoms with van der Waals surface area (Å²) >= 11 is 1.87. The molecule has 1 aliphatic carbocycles. The molecule has 302 valence electrons. The van der Waals surface area contributed by atoms with Crippen LogP contribution in [0.4, 0.5) is 17.1 Å². The number of nitrogens with zero attached hydrogens (tertiary/aromatic N) is 2. The number of aromatic nitrogens is 1. The molecule has 0 saturated heterocycles. The van der Waals surface area contributed by atoms with Crippen LogP contribution in [-0.4, -0.2) is 4.57 Å². The molecule has 12 aromatic rings. The van der Waals surface area contributed by atoms with Crippen LogP contribution in [0.25, 0.3) is 91.8 Å². The summed E-state index contributed by atoms with van der Waals surface area (Å²) in [6.07, 6.45) is 0. The molecule has 0 radical (unpaired) electrons. The molecule has 0 atom stereocenters. The second-order valence-electron chi connectivity index (χ2n) is 17.7. The maximum Gasteiger partial charge on any atom is 0.0561 e. The van der Waals surface area contributed by atoms with Gasteiger partial charge in [-0.3, -0.25) is 0 Å². The summed E-state index contributed by atoms with van der Waals surface area (Å²) in [6.45, 7) is 4.74. The van der Waals surface area contributed by atoms with Gasteiger partial charge in [0, 0.05) is 59.1 Å². The third-order valence-electron chi connectivity index (χ3n) is 13.8. The van der Waals surface area contributed by atoms with Gasteiger partial charge in [-0.2, -0.15) is 0 Å². The van der Waals surface area contributed by atoms with Crippen LogP contribution in [0.2, 0.25) is 0 Å². The van der Waals surface area contributed by atoms with Crippen LogP contribution in [0.1, 0.15) is 25.0 Å². The van der Waals surface area contributed by atoms with Gasteiger partial charge in [0.2, 0.25) is 0 Å². The minimum absolute atomic E-state index is 0.119. The van der Waals surface area contributed by atoms with E-state index in [0.717, 1.165) is 17.1 Å². The standard InChI is InChI=1S/C61H42N2S/c1-61(2)55-21-10-8-18-49(55)50-31-29-45(37-56(50)61)63-57-33-25-41(42-26-34-60-54(36-42)52-19-9-11-22-59(52)64-60)35-53(57)51-32-30-46(38-58(51)63)62(43-15-4-3-5-16-43)44-27-23-40(24-28-44)48-20-12-14-39-13-6-7-17-47(39)48/h3-38H,1-2H3. The number of rotatable bonds is 6. The summed E-state index contributed by atoms with van der Waals surface area (Å²) < 4.78 is 5.15. The predicted molar refractivity (Wildman–Crippen MR) is 274 cm³/mol. The van der Waals surface area contributed by atoms with E-state index in [1.807, 2.05) is 11.3 Å². The zero-order chi connectivity index (χ0) is 42.5. The minimum Gasteiger partial charge on any atom is -0.310 e. The summed E-state index contributed by atoms with van der Waals surface area (Å²) in [6, 6.07) is 81.0. The SMILES string of the molecule is CC1(C)c2ccccc2-c2ccc(-n3c4ccc(-c5ccc6sc7ccccc7c6c5)cc4c4ccc(N(c5ccccc5)c5ccc(-c6cccc7ccccc67)cc5)cc43)cc21. The van der Waals surface area contributed by atoms with Gasteiger partial charge in [-0.1, -0.05) is 153 Å². The van der Waals surface area contributed by atoms with E-state index in [9.17, 15) is 0 Å². The number of benzene rings is 10. The largest absolute Gasteiger partial charge is 0.310 e. The Bertz CT molecular complexity index is 3810. The summed E-state index contributed by atoms with van der Waals surface area (Å²) in [5.41, 5.74) is 17.0. The normalized spacial score (nSPS) is 13.0. The van der Waals surface area contributed by atoms with Gasteiger partial charge in [-0.25, -0.2) is 0 Å². The van der Waals surface area contributed by atoms with Crippen molar-refractivity contribution in [1.29, 1.82) is 0 Å². The molecule has 1 aliphatic rings. The van der Waals surface area contributed by atoms with E-state index in [2.05, 4.69) is 242 Å². The second-order valence-corrected chi connectivity index (χ2v) is 18.8. The lowest BCUT2D eigenvalue weighted by Crippen LogP contribution is -2.15. The Morgan fingerprint density at radius 1 is 0.375 bits per heavy atom. The Morgan fingerprint density at radius 2 is 1.02 bits per heavy atom. The lowest BCUT2D eigenvalue weighted by atomic mass is 9.82.